The summed E-state index contributed by atoms with van der Waals surface area (Å²) in [7, 11) is 1.64. The first-order valence-electron chi connectivity index (χ1n) is 9.73. The van der Waals surface area contributed by atoms with Crippen molar-refractivity contribution in [1.29, 1.82) is 0 Å². The molecule has 29 heavy (non-hydrogen) atoms. The summed E-state index contributed by atoms with van der Waals surface area (Å²) in [4.78, 5) is 16.4. The van der Waals surface area contributed by atoms with Crippen LogP contribution in [0.3, 0.4) is 0 Å². The first-order valence-corrected chi connectivity index (χ1v) is 9.73. The second-order valence-electron chi connectivity index (χ2n) is 6.83. The fraction of sp³-hybridized carbons (Fsp3) is 0.304. The maximum Gasteiger partial charge on any atom is 0.246 e. The number of fused-ring (bicyclic) bond motifs is 1. The number of carbonyl (C=O) groups is 1. The summed E-state index contributed by atoms with van der Waals surface area (Å²) in [6, 6.07) is 15.7. The largest absolute Gasteiger partial charge is 0.497 e. The lowest BCUT2D eigenvalue weighted by Gasteiger charge is -2.11. The van der Waals surface area contributed by atoms with Gasteiger partial charge >= 0.3 is 0 Å². The number of aryl methyl sites for hydroxylation is 1. The topological polar surface area (TPSA) is 65.4 Å². The fourth-order valence-electron chi connectivity index (χ4n) is 3.09. The van der Waals surface area contributed by atoms with Gasteiger partial charge in [0.2, 0.25) is 5.91 Å². The summed E-state index contributed by atoms with van der Waals surface area (Å²) >= 11 is 0. The predicted octanol–water partition coefficient (Wildman–Crippen LogP) is 3.75. The van der Waals surface area contributed by atoms with Crippen LogP contribution in [0.2, 0.25) is 0 Å². The summed E-state index contributed by atoms with van der Waals surface area (Å²) < 4.78 is 13.3. The number of nitrogens with zero attached hydrogens (tertiary/aromatic N) is 2. The molecule has 0 aliphatic rings. The number of para-hydroxylation sites is 2. The molecule has 0 bridgehead atoms. The van der Waals surface area contributed by atoms with Crippen molar-refractivity contribution in [2.24, 2.45) is 0 Å². The number of nitrogens with one attached hydrogen (secondary N) is 1. The summed E-state index contributed by atoms with van der Waals surface area (Å²) in [5, 5.41) is 2.87. The highest BCUT2D eigenvalue weighted by molar-refractivity contribution is 5.92. The first-order chi connectivity index (χ1) is 14.1. The minimum Gasteiger partial charge on any atom is -0.497 e. The number of methoxy groups -OCH3 is 1. The van der Waals surface area contributed by atoms with Crippen molar-refractivity contribution in [3.63, 3.8) is 0 Å². The SMILES string of the molecule is C=C(C)C(=O)NCCCc1nc2ccccc2n1CCOc1ccc(OC)cc1. The molecule has 0 atom stereocenters. The van der Waals surface area contributed by atoms with Crippen molar-refractivity contribution in [3.8, 4) is 11.5 Å². The third-order valence-corrected chi connectivity index (χ3v) is 4.63. The van der Waals surface area contributed by atoms with Crippen molar-refractivity contribution in [2.75, 3.05) is 20.3 Å². The van der Waals surface area contributed by atoms with Crippen LogP contribution in [0.25, 0.3) is 11.0 Å². The monoisotopic (exact) mass is 393 g/mol. The third kappa shape index (κ3) is 5.38. The second-order valence-corrected chi connectivity index (χ2v) is 6.83. The Labute approximate surface area is 171 Å². The van der Waals surface area contributed by atoms with E-state index in [0.717, 1.165) is 41.2 Å². The molecule has 1 aromatic heterocycles. The van der Waals surface area contributed by atoms with E-state index in [1.165, 1.54) is 0 Å². The zero-order valence-corrected chi connectivity index (χ0v) is 17.0. The highest BCUT2D eigenvalue weighted by Gasteiger charge is 2.11. The lowest BCUT2D eigenvalue weighted by molar-refractivity contribution is -0.117. The van der Waals surface area contributed by atoms with Gasteiger partial charge in [-0.2, -0.15) is 0 Å². The van der Waals surface area contributed by atoms with E-state index in [4.69, 9.17) is 14.5 Å². The molecule has 6 heteroatoms. The number of benzene rings is 2. The van der Waals surface area contributed by atoms with Crippen LogP contribution in [0, 0.1) is 0 Å². The quantitative estimate of drug-likeness (QED) is 0.421. The van der Waals surface area contributed by atoms with Crippen LogP contribution >= 0.6 is 0 Å². The second kappa shape index (κ2) is 9.78. The predicted molar refractivity (Wildman–Crippen MR) is 114 cm³/mol. The molecule has 0 saturated heterocycles. The molecule has 0 aliphatic carbocycles. The molecule has 3 rings (SSSR count). The smallest absolute Gasteiger partial charge is 0.246 e. The highest BCUT2D eigenvalue weighted by Crippen LogP contribution is 2.19. The number of amides is 1. The molecule has 6 nitrogen and oxygen atoms in total. The Kier molecular flexibility index (Phi) is 6.89. The Bertz CT molecular complexity index is 977. The molecule has 2 aromatic carbocycles. The van der Waals surface area contributed by atoms with Crippen molar-refractivity contribution in [3.05, 3.63) is 66.5 Å². The molecule has 0 unspecified atom stereocenters. The van der Waals surface area contributed by atoms with Crippen molar-refractivity contribution >= 4 is 16.9 Å². The van der Waals surface area contributed by atoms with Gasteiger partial charge < -0.3 is 19.4 Å². The Morgan fingerprint density at radius 3 is 2.59 bits per heavy atom. The lowest BCUT2D eigenvalue weighted by atomic mass is 10.2. The molecule has 0 radical (unpaired) electrons. The Morgan fingerprint density at radius 1 is 1.14 bits per heavy atom. The van der Waals surface area contributed by atoms with Crippen LogP contribution in [-0.2, 0) is 17.8 Å². The fourth-order valence-corrected chi connectivity index (χ4v) is 3.09. The Morgan fingerprint density at radius 2 is 1.86 bits per heavy atom. The van der Waals surface area contributed by atoms with Gasteiger partial charge in [-0.05, 0) is 49.7 Å². The zero-order chi connectivity index (χ0) is 20.6. The molecular formula is C23H27N3O3. The summed E-state index contributed by atoms with van der Waals surface area (Å²) in [6.45, 7) is 7.18. The van der Waals surface area contributed by atoms with Crippen molar-refractivity contribution in [2.45, 2.75) is 26.3 Å². The van der Waals surface area contributed by atoms with E-state index in [1.54, 1.807) is 14.0 Å². The van der Waals surface area contributed by atoms with Gasteiger partial charge in [0.05, 0.1) is 24.7 Å². The van der Waals surface area contributed by atoms with E-state index in [-0.39, 0.29) is 5.91 Å². The number of carbonyl (C=O) groups excluding carboxylic acids is 1. The van der Waals surface area contributed by atoms with Gasteiger partial charge in [-0.1, -0.05) is 18.7 Å². The van der Waals surface area contributed by atoms with Gasteiger partial charge in [-0.25, -0.2) is 4.98 Å². The molecule has 152 valence electrons. The maximum atomic E-state index is 11.6. The Balaban J connectivity index is 1.63. The van der Waals surface area contributed by atoms with E-state index in [1.807, 2.05) is 42.5 Å². The number of aromatic nitrogens is 2. The lowest BCUT2D eigenvalue weighted by Crippen LogP contribution is -2.25. The molecule has 1 amide bonds. The van der Waals surface area contributed by atoms with Crippen LogP contribution in [-0.4, -0.2) is 35.7 Å². The van der Waals surface area contributed by atoms with Gasteiger partial charge in [0.15, 0.2) is 0 Å². The molecule has 1 N–H and O–H groups in total. The maximum absolute atomic E-state index is 11.6. The summed E-state index contributed by atoms with van der Waals surface area (Å²) in [5.74, 6) is 2.50. The van der Waals surface area contributed by atoms with Gasteiger partial charge in [0, 0.05) is 18.5 Å². The molecule has 0 aliphatic heterocycles. The van der Waals surface area contributed by atoms with E-state index >= 15 is 0 Å². The normalized spacial score (nSPS) is 10.7. The van der Waals surface area contributed by atoms with Crippen molar-refractivity contribution < 1.29 is 14.3 Å². The minimum absolute atomic E-state index is 0.105. The molecule has 0 spiro atoms. The standard InChI is InChI=1S/C23H27N3O3/c1-17(2)23(27)24-14-6-9-22-25-20-7-4-5-8-21(20)26(22)15-16-29-19-12-10-18(28-3)11-13-19/h4-5,7-8,10-13H,1,6,9,14-16H2,2-3H3,(H,24,27). The van der Waals surface area contributed by atoms with Gasteiger partial charge in [0.25, 0.3) is 0 Å². The first kappa shape index (κ1) is 20.5. The van der Waals surface area contributed by atoms with Crippen LogP contribution in [0.5, 0.6) is 11.5 Å². The van der Waals surface area contributed by atoms with E-state index < -0.39 is 0 Å². The van der Waals surface area contributed by atoms with Gasteiger partial charge in [-0.15, -0.1) is 0 Å². The minimum atomic E-state index is -0.105. The van der Waals surface area contributed by atoms with Crippen LogP contribution < -0.4 is 14.8 Å². The summed E-state index contributed by atoms with van der Waals surface area (Å²) in [5.41, 5.74) is 2.58. The third-order valence-electron chi connectivity index (χ3n) is 4.63. The molecule has 3 aromatic rings. The van der Waals surface area contributed by atoms with Crippen LogP contribution in [0.1, 0.15) is 19.2 Å². The van der Waals surface area contributed by atoms with Gasteiger partial charge in [0.1, 0.15) is 23.9 Å². The number of rotatable bonds is 10. The van der Waals surface area contributed by atoms with Crippen LogP contribution in [0.15, 0.2) is 60.7 Å². The number of hydrogen-bond acceptors (Lipinski definition) is 4. The average molecular weight is 393 g/mol. The number of ether oxygens (including phenoxy) is 2. The Hall–Kier alpha value is -3.28. The van der Waals surface area contributed by atoms with E-state index in [2.05, 4.69) is 22.5 Å². The average Bonchev–Trinajstić information content (AvgIpc) is 3.09. The highest BCUT2D eigenvalue weighted by atomic mass is 16.5. The molecule has 0 fully saturated rings. The number of imidazole rings is 1. The van der Waals surface area contributed by atoms with Crippen LogP contribution in [0.4, 0.5) is 0 Å². The van der Waals surface area contributed by atoms with Crippen molar-refractivity contribution in [1.82, 2.24) is 14.9 Å². The number of hydrogen-bond donors (Lipinski definition) is 1. The van der Waals surface area contributed by atoms with Gasteiger partial charge in [-0.3, -0.25) is 4.79 Å². The summed E-state index contributed by atoms with van der Waals surface area (Å²) in [6.07, 6.45) is 1.58. The van der Waals surface area contributed by atoms with E-state index in [0.29, 0.717) is 25.3 Å². The molecular weight excluding hydrogens is 366 g/mol. The molecule has 0 saturated carbocycles. The molecule has 1 heterocycles. The van der Waals surface area contributed by atoms with E-state index in [9.17, 15) is 4.79 Å². The zero-order valence-electron chi connectivity index (χ0n) is 17.0.